The maximum Gasteiger partial charge on any atom is -0.0193 e. The SMILES string of the molecule is CC12CC34CC1C1C2CC12C(C3)C42. The van der Waals surface area contributed by atoms with E-state index in [1.54, 1.807) is 25.7 Å². The van der Waals surface area contributed by atoms with Gasteiger partial charge in [0.15, 0.2) is 0 Å². The minimum Gasteiger partial charge on any atom is -0.0591 e. The topological polar surface area (TPSA) is 0 Å². The predicted molar refractivity (Wildman–Crippen MR) is 48.9 cm³/mol. The molecule has 6 fully saturated rings. The van der Waals surface area contributed by atoms with Crippen LogP contribution in [0.25, 0.3) is 0 Å². The lowest BCUT2D eigenvalue weighted by molar-refractivity contribution is -0.218. The first-order valence-corrected chi connectivity index (χ1v) is 6.22. The Morgan fingerprint density at radius 3 is 2.69 bits per heavy atom. The summed E-state index contributed by atoms with van der Waals surface area (Å²) in [5, 5.41) is 0. The molecule has 0 amide bonds. The van der Waals surface area contributed by atoms with Gasteiger partial charge in [-0.1, -0.05) is 6.92 Å². The summed E-state index contributed by atoms with van der Waals surface area (Å²) in [7, 11) is 0. The van der Waals surface area contributed by atoms with Crippen molar-refractivity contribution in [3.8, 4) is 0 Å². The lowest BCUT2D eigenvalue weighted by Gasteiger charge is -2.69. The summed E-state index contributed by atoms with van der Waals surface area (Å²) >= 11 is 0. The van der Waals surface area contributed by atoms with Gasteiger partial charge in [-0.2, -0.15) is 0 Å². The molecule has 6 rings (SSSR count). The van der Waals surface area contributed by atoms with Gasteiger partial charge < -0.3 is 0 Å². The molecule has 0 nitrogen and oxygen atoms in total. The lowest BCUT2D eigenvalue weighted by atomic mass is 9.35. The fourth-order valence-electron chi connectivity index (χ4n) is 7.99. The molecule has 0 saturated heterocycles. The van der Waals surface area contributed by atoms with E-state index >= 15 is 0 Å². The van der Waals surface area contributed by atoms with E-state index in [2.05, 4.69) is 6.92 Å². The number of rotatable bonds is 0. The molecule has 2 bridgehead atoms. The lowest BCUT2D eigenvalue weighted by Crippen LogP contribution is -2.64. The van der Waals surface area contributed by atoms with E-state index in [9.17, 15) is 0 Å². The average Bonchev–Trinajstić information content (AvgIpc) is 2.55. The molecule has 0 radical (unpaired) electrons. The van der Waals surface area contributed by atoms with E-state index in [4.69, 9.17) is 0 Å². The Labute approximate surface area is 79.1 Å². The molecule has 0 aromatic heterocycles. The zero-order valence-corrected chi connectivity index (χ0v) is 8.22. The molecule has 2 spiro atoms. The van der Waals surface area contributed by atoms with Crippen molar-refractivity contribution in [2.24, 2.45) is 45.8 Å². The van der Waals surface area contributed by atoms with Crippen LogP contribution in [0.5, 0.6) is 0 Å². The summed E-state index contributed by atoms with van der Waals surface area (Å²) in [6.07, 6.45) is 6.69. The van der Waals surface area contributed by atoms with Crippen LogP contribution in [0.1, 0.15) is 32.6 Å². The second-order valence-electron chi connectivity index (χ2n) is 7.59. The molecule has 0 N–H and O–H groups in total. The van der Waals surface area contributed by atoms with Crippen LogP contribution in [0.3, 0.4) is 0 Å². The van der Waals surface area contributed by atoms with Gasteiger partial charge in [0, 0.05) is 0 Å². The highest BCUT2D eigenvalue weighted by atomic mass is 15.0. The molecule has 6 aliphatic rings. The Morgan fingerprint density at radius 2 is 1.77 bits per heavy atom. The van der Waals surface area contributed by atoms with Crippen LogP contribution in [-0.2, 0) is 0 Å². The molecule has 0 aliphatic heterocycles. The smallest absolute Gasteiger partial charge is 0.0193 e. The average molecular weight is 172 g/mol. The first kappa shape index (κ1) is 5.78. The van der Waals surface area contributed by atoms with Crippen LogP contribution in [0.4, 0.5) is 0 Å². The zero-order valence-electron chi connectivity index (χ0n) is 8.22. The van der Waals surface area contributed by atoms with E-state index < -0.39 is 0 Å². The zero-order chi connectivity index (χ0) is 8.22. The van der Waals surface area contributed by atoms with Crippen molar-refractivity contribution in [2.45, 2.75) is 32.6 Å². The van der Waals surface area contributed by atoms with Crippen molar-refractivity contribution in [1.29, 1.82) is 0 Å². The third-order valence-corrected chi connectivity index (χ3v) is 7.96. The van der Waals surface area contributed by atoms with E-state index in [1.807, 2.05) is 0 Å². The summed E-state index contributed by atoms with van der Waals surface area (Å²) in [4.78, 5) is 0. The van der Waals surface area contributed by atoms with Crippen molar-refractivity contribution in [3.05, 3.63) is 0 Å². The minimum atomic E-state index is 0.869. The van der Waals surface area contributed by atoms with Gasteiger partial charge in [-0.25, -0.2) is 0 Å². The highest BCUT2D eigenvalue weighted by molar-refractivity contribution is 5.45. The standard InChI is InChI=1S/C13H16/c1-11-5-12-2-6(11)9-7(11)4-13(9)8(3-12)10(12)13/h6-10H,2-5H2,1H3. The Morgan fingerprint density at radius 1 is 1.00 bits per heavy atom. The highest BCUT2D eigenvalue weighted by Crippen LogP contribution is 3.03. The molecule has 8 unspecified atom stereocenters. The molecule has 0 heteroatoms. The van der Waals surface area contributed by atoms with Gasteiger partial charge in [0.1, 0.15) is 0 Å². The van der Waals surface area contributed by atoms with Gasteiger partial charge in [0.05, 0.1) is 0 Å². The summed E-state index contributed by atoms with van der Waals surface area (Å²) in [5.41, 5.74) is 2.84. The Hall–Kier alpha value is 0. The van der Waals surface area contributed by atoms with E-state index in [1.165, 1.54) is 29.6 Å². The van der Waals surface area contributed by atoms with Gasteiger partial charge in [-0.15, -0.1) is 0 Å². The first-order valence-electron chi connectivity index (χ1n) is 6.22. The molecular formula is C13H16. The van der Waals surface area contributed by atoms with Crippen molar-refractivity contribution >= 4 is 0 Å². The third kappa shape index (κ3) is 0.267. The summed E-state index contributed by atoms with van der Waals surface area (Å²) in [6.45, 7) is 2.64. The van der Waals surface area contributed by atoms with E-state index in [0.717, 1.165) is 16.2 Å². The van der Waals surface area contributed by atoms with Crippen LogP contribution < -0.4 is 0 Å². The Balaban J connectivity index is 1.75. The monoisotopic (exact) mass is 172 g/mol. The van der Waals surface area contributed by atoms with Crippen LogP contribution in [0.15, 0.2) is 0 Å². The molecule has 0 heterocycles. The normalized spacial score (nSPS) is 93.5. The van der Waals surface area contributed by atoms with Gasteiger partial charge in [-0.05, 0) is 71.5 Å². The largest absolute Gasteiger partial charge is 0.0591 e. The van der Waals surface area contributed by atoms with Crippen molar-refractivity contribution in [1.82, 2.24) is 0 Å². The Bertz CT molecular complexity index is 383. The number of hydrogen-bond acceptors (Lipinski definition) is 0. The van der Waals surface area contributed by atoms with Gasteiger partial charge in [-0.3, -0.25) is 0 Å². The fraction of sp³-hybridized carbons (Fsp3) is 1.00. The predicted octanol–water partition coefficient (Wildman–Crippen LogP) is 2.69. The molecule has 0 aromatic rings. The summed E-state index contributed by atoms with van der Waals surface area (Å²) < 4.78 is 0. The quantitative estimate of drug-likeness (QED) is 0.527. The van der Waals surface area contributed by atoms with Crippen molar-refractivity contribution in [2.75, 3.05) is 0 Å². The fourth-order valence-corrected chi connectivity index (χ4v) is 7.99. The van der Waals surface area contributed by atoms with Gasteiger partial charge in [0.2, 0.25) is 0 Å². The van der Waals surface area contributed by atoms with Gasteiger partial charge in [0.25, 0.3) is 0 Å². The minimum absolute atomic E-state index is 0.869. The molecule has 13 heavy (non-hydrogen) atoms. The summed E-state index contributed by atoms with van der Waals surface area (Å²) in [6, 6.07) is 0. The first-order chi connectivity index (χ1) is 6.22. The second-order valence-corrected chi connectivity index (χ2v) is 7.59. The number of fused-ring (bicyclic) bond motifs is 1. The molecule has 0 aromatic carbocycles. The molecule has 68 valence electrons. The molecule has 8 atom stereocenters. The van der Waals surface area contributed by atoms with Crippen molar-refractivity contribution in [3.63, 3.8) is 0 Å². The Kier molecular flexibility index (Phi) is 0.471. The second kappa shape index (κ2) is 1.06. The molecular weight excluding hydrogens is 156 g/mol. The molecule has 6 aliphatic carbocycles. The van der Waals surface area contributed by atoms with Gasteiger partial charge >= 0.3 is 0 Å². The summed E-state index contributed by atoms with van der Waals surface area (Å²) in [5.74, 6) is 6.25. The maximum absolute atomic E-state index is 2.64. The highest BCUT2D eigenvalue weighted by Gasteiger charge is 2.97. The van der Waals surface area contributed by atoms with Crippen molar-refractivity contribution < 1.29 is 0 Å². The molecule has 6 saturated carbocycles. The van der Waals surface area contributed by atoms with Crippen LogP contribution >= 0.6 is 0 Å². The van der Waals surface area contributed by atoms with E-state index in [-0.39, 0.29) is 0 Å². The van der Waals surface area contributed by atoms with Crippen LogP contribution in [-0.4, -0.2) is 0 Å². The van der Waals surface area contributed by atoms with Crippen LogP contribution in [0.2, 0.25) is 0 Å². The number of hydrogen-bond donors (Lipinski definition) is 0. The third-order valence-electron chi connectivity index (χ3n) is 7.96. The maximum atomic E-state index is 2.64. The van der Waals surface area contributed by atoms with Crippen LogP contribution in [0, 0.1) is 45.8 Å². The van der Waals surface area contributed by atoms with E-state index in [0.29, 0.717) is 0 Å².